The lowest BCUT2D eigenvalue weighted by molar-refractivity contribution is 0.451. The van der Waals surface area contributed by atoms with Gasteiger partial charge in [-0.2, -0.15) is 0 Å². The molecule has 0 aromatic carbocycles. The van der Waals surface area contributed by atoms with Gasteiger partial charge in [0.15, 0.2) is 17.1 Å². The molecule has 1 aliphatic heterocycles. The summed E-state index contributed by atoms with van der Waals surface area (Å²) in [5.41, 5.74) is 3.83. The van der Waals surface area contributed by atoms with E-state index in [2.05, 4.69) is 15.3 Å². The maximum Gasteiger partial charge on any atom is 0.258 e. The van der Waals surface area contributed by atoms with E-state index < -0.39 is 5.82 Å². The molecule has 0 aliphatic carbocycles. The zero-order chi connectivity index (χ0) is 20.1. The molecule has 1 aliphatic rings. The van der Waals surface area contributed by atoms with Gasteiger partial charge in [-0.1, -0.05) is 0 Å². The lowest BCUT2D eigenvalue weighted by Crippen LogP contribution is -2.28. The fourth-order valence-electron chi connectivity index (χ4n) is 4.06. The standard InChI is InChI=1S/C21H21FN6O.2ClH/c1-12-9-27-10-15(7-16(22)21(27)24-12)17-8-19(29)28-11-18(14-3-5-23-6-4-14)25-13(2)20(28)26-17;;/h7-11,14,23H,3-6H2,1-2H3;2*1H. The van der Waals surface area contributed by atoms with Gasteiger partial charge in [0.1, 0.15) is 0 Å². The number of pyridine rings is 1. The number of hydrogen-bond acceptors (Lipinski definition) is 5. The smallest absolute Gasteiger partial charge is 0.258 e. The van der Waals surface area contributed by atoms with E-state index >= 15 is 0 Å². The minimum atomic E-state index is -0.450. The van der Waals surface area contributed by atoms with Gasteiger partial charge >= 0.3 is 0 Å². The summed E-state index contributed by atoms with van der Waals surface area (Å²) in [5.74, 6) is -0.111. The van der Waals surface area contributed by atoms with Gasteiger partial charge < -0.3 is 9.72 Å². The maximum absolute atomic E-state index is 14.5. The quantitative estimate of drug-likeness (QED) is 0.491. The highest BCUT2D eigenvalue weighted by Crippen LogP contribution is 2.25. The Balaban J connectivity index is 0.00000136. The van der Waals surface area contributed by atoms with Crippen LogP contribution in [0.25, 0.3) is 22.6 Å². The molecule has 31 heavy (non-hydrogen) atoms. The number of rotatable bonds is 2. The van der Waals surface area contributed by atoms with Gasteiger partial charge in [-0.05, 0) is 45.8 Å². The molecule has 0 radical (unpaired) electrons. The minimum absolute atomic E-state index is 0. The lowest BCUT2D eigenvalue weighted by Gasteiger charge is -2.22. The Morgan fingerprint density at radius 2 is 1.74 bits per heavy atom. The minimum Gasteiger partial charge on any atom is -0.317 e. The molecule has 1 N–H and O–H groups in total. The lowest BCUT2D eigenvalue weighted by atomic mass is 9.95. The Hall–Kier alpha value is -2.55. The Bertz CT molecular complexity index is 1310. The van der Waals surface area contributed by atoms with Gasteiger partial charge in [-0.25, -0.2) is 14.4 Å². The zero-order valence-corrected chi connectivity index (χ0v) is 18.8. The third-order valence-corrected chi connectivity index (χ3v) is 5.51. The van der Waals surface area contributed by atoms with Gasteiger partial charge in [0, 0.05) is 36.1 Å². The molecule has 1 saturated heterocycles. The summed E-state index contributed by atoms with van der Waals surface area (Å²) < 4.78 is 17.7. The number of fused-ring (bicyclic) bond motifs is 2. The van der Waals surface area contributed by atoms with Crippen molar-refractivity contribution in [2.75, 3.05) is 13.1 Å². The molecule has 0 saturated carbocycles. The first-order valence-corrected chi connectivity index (χ1v) is 9.76. The molecule has 0 amide bonds. The molecular formula is C21H23Cl2FN6O. The third-order valence-electron chi connectivity index (χ3n) is 5.51. The highest BCUT2D eigenvalue weighted by Gasteiger charge is 2.19. The van der Waals surface area contributed by atoms with E-state index in [1.165, 1.54) is 12.1 Å². The predicted molar refractivity (Wildman–Crippen MR) is 122 cm³/mol. The molecule has 0 spiro atoms. The van der Waals surface area contributed by atoms with E-state index in [9.17, 15) is 9.18 Å². The van der Waals surface area contributed by atoms with E-state index in [-0.39, 0.29) is 36.0 Å². The molecule has 4 aromatic heterocycles. The van der Waals surface area contributed by atoms with Crippen LogP contribution < -0.4 is 10.9 Å². The van der Waals surface area contributed by atoms with E-state index in [1.807, 2.05) is 13.8 Å². The second-order valence-corrected chi connectivity index (χ2v) is 7.64. The SMILES string of the molecule is Cc1cn2cc(-c3cc(=O)n4cc(C5CCNCC5)nc(C)c4n3)cc(F)c2n1.Cl.Cl. The van der Waals surface area contributed by atoms with Gasteiger partial charge in [-0.15, -0.1) is 24.8 Å². The van der Waals surface area contributed by atoms with Gasteiger partial charge in [0.25, 0.3) is 5.56 Å². The number of nitrogens with one attached hydrogen (secondary N) is 1. The van der Waals surface area contributed by atoms with Crippen LogP contribution >= 0.6 is 24.8 Å². The number of imidazole rings is 1. The van der Waals surface area contributed by atoms with Crippen LogP contribution in [-0.4, -0.2) is 36.8 Å². The molecule has 7 nitrogen and oxygen atoms in total. The summed E-state index contributed by atoms with van der Waals surface area (Å²) in [4.78, 5) is 26.4. The number of halogens is 3. The van der Waals surface area contributed by atoms with Crippen LogP contribution in [0.2, 0.25) is 0 Å². The van der Waals surface area contributed by atoms with Crippen molar-refractivity contribution in [3.05, 3.63) is 64.0 Å². The monoisotopic (exact) mass is 464 g/mol. The number of hydrogen-bond donors (Lipinski definition) is 1. The molecule has 0 bridgehead atoms. The van der Waals surface area contributed by atoms with Crippen molar-refractivity contribution in [3.8, 4) is 11.3 Å². The number of aryl methyl sites for hydroxylation is 2. The first-order chi connectivity index (χ1) is 14.0. The van der Waals surface area contributed by atoms with Crippen molar-refractivity contribution in [3.63, 3.8) is 0 Å². The van der Waals surface area contributed by atoms with Crippen LogP contribution in [0.15, 0.2) is 35.5 Å². The molecular weight excluding hydrogens is 442 g/mol. The largest absolute Gasteiger partial charge is 0.317 e. The molecule has 5 rings (SSSR count). The van der Waals surface area contributed by atoms with Crippen molar-refractivity contribution >= 4 is 36.1 Å². The van der Waals surface area contributed by atoms with Crippen molar-refractivity contribution in [1.29, 1.82) is 0 Å². The fourth-order valence-corrected chi connectivity index (χ4v) is 4.06. The Morgan fingerprint density at radius 1 is 1.00 bits per heavy atom. The first kappa shape index (κ1) is 23.1. The highest BCUT2D eigenvalue weighted by molar-refractivity contribution is 5.85. The Kier molecular flexibility index (Phi) is 6.64. The van der Waals surface area contributed by atoms with E-state index in [4.69, 9.17) is 4.98 Å². The van der Waals surface area contributed by atoms with Crippen molar-refractivity contribution < 1.29 is 4.39 Å². The van der Waals surface area contributed by atoms with E-state index in [1.54, 1.807) is 27.4 Å². The van der Waals surface area contributed by atoms with E-state index in [0.29, 0.717) is 28.5 Å². The number of nitrogens with zero attached hydrogens (tertiary/aromatic N) is 5. The molecule has 1 fully saturated rings. The van der Waals surface area contributed by atoms with Gasteiger partial charge in [0.05, 0.1) is 22.8 Å². The number of piperidine rings is 1. The Morgan fingerprint density at radius 3 is 2.48 bits per heavy atom. The van der Waals surface area contributed by atoms with Crippen LogP contribution in [-0.2, 0) is 0 Å². The third kappa shape index (κ3) is 4.15. The highest BCUT2D eigenvalue weighted by atomic mass is 35.5. The fraction of sp³-hybridized carbons (Fsp3) is 0.333. The maximum atomic E-state index is 14.5. The van der Waals surface area contributed by atoms with Gasteiger partial charge in [0.2, 0.25) is 0 Å². The van der Waals surface area contributed by atoms with Crippen molar-refractivity contribution in [2.24, 2.45) is 0 Å². The summed E-state index contributed by atoms with van der Waals surface area (Å²) in [7, 11) is 0. The summed E-state index contributed by atoms with van der Waals surface area (Å²) in [5, 5.41) is 3.35. The second-order valence-electron chi connectivity index (χ2n) is 7.64. The average Bonchev–Trinajstić information content (AvgIpc) is 3.10. The molecule has 10 heteroatoms. The summed E-state index contributed by atoms with van der Waals surface area (Å²) in [6, 6.07) is 2.81. The predicted octanol–water partition coefficient (Wildman–Crippen LogP) is 3.47. The van der Waals surface area contributed by atoms with Crippen molar-refractivity contribution in [2.45, 2.75) is 32.6 Å². The normalized spacial score (nSPS) is 14.4. The van der Waals surface area contributed by atoms with Crippen molar-refractivity contribution in [1.82, 2.24) is 29.1 Å². The summed E-state index contributed by atoms with van der Waals surface area (Å²) in [6.45, 7) is 5.58. The summed E-state index contributed by atoms with van der Waals surface area (Å²) in [6.07, 6.45) is 7.29. The van der Waals surface area contributed by atoms with Crippen LogP contribution in [0, 0.1) is 19.7 Å². The first-order valence-electron chi connectivity index (χ1n) is 9.76. The Labute approximate surface area is 190 Å². The van der Waals surface area contributed by atoms with Crippen LogP contribution in [0.3, 0.4) is 0 Å². The molecule has 0 unspecified atom stereocenters. The van der Waals surface area contributed by atoms with Crippen LogP contribution in [0.1, 0.15) is 35.8 Å². The topological polar surface area (TPSA) is 76.6 Å². The molecule has 4 aromatic rings. The van der Waals surface area contributed by atoms with E-state index in [0.717, 1.165) is 37.3 Å². The second kappa shape index (κ2) is 8.90. The van der Waals surface area contributed by atoms with Crippen LogP contribution in [0.4, 0.5) is 4.39 Å². The molecule has 164 valence electrons. The van der Waals surface area contributed by atoms with Gasteiger partial charge in [-0.3, -0.25) is 14.2 Å². The van der Waals surface area contributed by atoms with Crippen LogP contribution in [0.5, 0.6) is 0 Å². The zero-order valence-electron chi connectivity index (χ0n) is 17.1. The molecule has 5 heterocycles. The summed E-state index contributed by atoms with van der Waals surface area (Å²) >= 11 is 0. The number of aromatic nitrogens is 5. The average molecular weight is 465 g/mol. The molecule has 0 atom stereocenters.